The van der Waals surface area contributed by atoms with E-state index in [4.69, 9.17) is 21.6 Å². The lowest BCUT2D eigenvalue weighted by atomic mass is 9.98. The summed E-state index contributed by atoms with van der Waals surface area (Å²) in [7, 11) is 0. The number of likely N-dealkylation sites (tertiary alicyclic amines) is 1. The van der Waals surface area contributed by atoms with Gasteiger partial charge in [0.25, 0.3) is 0 Å². The number of aryl methyl sites for hydroxylation is 1. The molecule has 7 heteroatoms. The van der Waals surface area contributed by atoms with Crippen LogP contribution in [0.25, 0.3) is 0 Å². The number of amides is 2. The van der Waals surface area contributed by atoms with Crippen LogP contribution in [0.3, 0.4) is 0 Å². The molecule has 0 unspecified atom stereocenters. The standard InChI is InChI=1S/C23H25ClN4OS/c1-3-30-21-20(17-7-5-4-6-8-17)26-23(27-21)11-13-28(14-12-23)22(29)25-19-15-18(24)10-9-16(19)2/h4-10,15H,3,11-14H2,1-2H3,(H,25,29). The number of nitrogens with one attached hydrogen (secondary N) is 1. The monoisotopic (exact) mass is 440 g/mol. The summed E-state index contributed by atoms with van der Waals surface area (Å²) in [6, 6.07) is 15.6. The van der Waals surface area contributed by atoms with Gasteiger partial charge in [-0.2, -0.15) is 0 Å². The molecule has 0 atom stereocenters. The highest BCUT2D eigenvalue weighted by atomic mass is 35.5. The highest BCUT2D eigenvalue weighted by Crippen LogP contribution is 2.35. The van der Waals surface area contributed by atoms with Gasteiger partial charge < -0.3 is 10.2 Å². The maximum atomic E-state index is 12.8. The third kappa shape index (κ3) is 4.40. The van der Waals surface area contributed by atoms with Crippen molar-refractivity contribution in [1.29, 1.82) is 0 Å². The topological polar surface area (TPSA) is 57.1 Å². The molecule has 4 rings (SSSR count). The molecule has 1 N–H and O–H groups in total. The zero-order valence-electron chi connectivity index (χ0n) is 17.2. The van der Waals surface area contributed by atoms with Crippen molar-refractivity contribution in [2.45, 2.75) is 32.4 Å². The molecular formula is C23H25ClN4OS. The average molecular weight is 441 g/mol. The third-order valence-corrected chi connectivity index (χ3v) is 6.53. The predicted octanol–water partition coefficient (Wildman–Crippen LogP) is 5.63. The molecule has 156 valence electrons. The van der Waals surface area contributed by atoms with Gasteiger partial charge in [-0.05, 0) is 30.4 Å². The third-order valence-electron chi connectivity index (χ3n) is 5.45. The van der Waals surface area contributed by atoms with Crippen LogP contribution in [0.4, 0.5) is 10.5 Å². The van der Waals surface area contributed by atoms with Crippen LogP contribution in [0.2, 0.25) is 5.02 Å². The zero-order valence-corrected chi connectivity index (χ0v) is 18.8. The summed E-state index contributed by atoms with van der Waals surface area (Å²) < 4.78 is 0. The fourth-order valence-corrected chi connectivity index (χ4v) is 4.74. The van der Waals surface area contributed by atoms with Gasteiger partial charge in [0, 0.05) is 42.2 Å². The molecule has 2 amide bonds. The van der Waals surface area contributed by atoms with E-state index in [0.717, 1.165) is 46.2 Å². The van der Waals surface area contributed by atoms with E-state index in [1.54, 1.807) is 17.8 Å². The van der Waals surface area contributed by atoms with E-state index in [0.29, 0.717) is 18.1 Å². The number of carbonyl (C=O) groups is 1. The van der Waals surface area contributed by atoms with Crippen LogP contribution in [0.15, 0.2) is 58.5 Å². The van der Waals surface area contributed by atoms with Crippen LogP contribution in [-0.2, 0) is 0 Å². The van der Waals surface area contributed by atoms with Crippen molar-refractivity contribution >= 4 is 45.8 Å². The van der Waals surface area contributed by atoms with Crippen molar-refractivity contribution in [2.75, 3.05) is 24.2 Å². The second-order valence-electron chi connectivity index (χ2n) is 7.54. The summed E-state index contributed by atoms with van der Waals surface area (Å²) in [6.45, 7) is 5.32. The number of urea groups is 1. The maximum absolute atomic E-state index is 12.8. The fourth-order valence-electron chi connectivity index (χ4n) is 3.76. The Kier molecular flexibility index (Phi) is 6.16. The van der Waals surface area contributed by atoms with Crippen molar-refractivity contribution in [3.05, 3.63) is 64.7 Å². The van der Waals surface area contributed by atoms with Crippen molar-refractivity contribution in [3.8, 4) is 0 Å². The minimum Gasteiger partial charge on any atom is -0.324 e. The molecule has 1 fully saturated rings. The smallest absolute Gasteiger partial charge is 0.321 e. The molecule has 0 bridgehead atoms. The average Bonchev–Trinajstić information content (AvgIpc) is 3.10. The molecule has 0 aromatic heterocycles. The number of halogens is 1. The summed E-state index contributed by atoms with van der Waals surface area (Å²) in [4.78, 5) is 24.7. The first-order chi connectivity index (χ1) is 14.5. The van der Waals surface area contributed by atoms with Crippen molar-refractivity contribution < 1.29 is 4.79 Å². The molecule has 1 saturated heterocycles. The number of hydrogen-bond donors (Lipinski definition) is 1. The van der Waals surface area contributed by atoms with Gasteiger partial charge >= 0.3 is 6.03 Å². The maximum Gasteiger partial charge on any atom is 0.321 e. The molecule has 2 aromatic rings. The van der Waals surface area contributed by atoms with Gasteiger partial charge in [-0.1, -0.05) is 54.9 Å². The normalized spacial score (nSPS) is 17.6. The molecule has 2 heterocycles. The Morgan fingerprint density at radius 3 is 2.60 bits per heavy atom. The molecule has 0 aliphatic carbocycles. The fraction of sp³-hybridized carbons (Fsp3) is 0.348. The lowest BCUT2D eigenvalue weighted by molar-refractivity contribution is 0.175. The van der Waals surface area contributed by atoms with Gasteiger partial charge in [-0.25, -0.2) is 9.79 Å². The van der Waals surface area contributed by atoms with Gasteiger partial charge in [0.15, 0.2) is 5.66 Å². The summed E-state index contributed by atoms with van der Waals surface area (Å²) in [5.41, 5.74) is 3.36. The summed E-state index contributed by atoms with van der Waals surface area (Å²) in [6.07, 6.45) is 1.44. The van der Waals surface area contributed by atoms with E-state index in [1.807, 2.05) is 42.2 Å². The highest BCUT2D eigenvalue weighted by molar-refractivity contribution is 8.15. The molecular weight excluding hydrogens is 416 g/mol. The Morgan fingerprint density at radius 1 is 1.17 bits per heavy atom. The molecule has 0 saturated carbocycles. The molecule has 5 nitrogen and oxygen atoms in total. The van der Waals surface area contributed by atoms with Gasteiger partial charge in [-0.15, -0.1) is 11.8 Å². The predicted molar refractivity (Wildman–Crippen MR) is 127 cm³/mol. The number of rotatable bonds is 3. The number of piperidine rings is 1. The number of aliphatic imine (C=N–C) groups is 2. The number of carbonyl (C=O) groups excluding carboxylic acids is 1. The van der Waals surface area contributed by atoms with Gasteiger partial charge in [0.2, 0.25) is 0 Å². The van der Waals surface area contributed by atoms with Gasteiger partial charge in [0.05, 0.1) is 5.71 Å². The Morgan fingerprint density at radius 2 is 1.90 bits per heavy atom. The van der Waals surface area contributed by atoms with E-state index in [9.17, 15) is 4.79 Å². The second kappa shape index (κ2) is 8.82. The number of hydrogen-bond acceptors (Lipinski definition) is 4. The van der Waals surface area contributed by atoms with Crippen LogP contribution in [-0.4, -0.2) is 46.2 Å². The molecule has 2 aromatic carbocycles. The van der Waals surface area contributed by atoms with E-state index in [-0.39, 0.29) is 6.03 Å². The number of anilines is 1. The molecule has 2 aliphatic heterocycles. The van der Waals surface area contributed by atoms with Crippen LogP contribution in [0.5, 0.6) is 0 Å². The van der Waals surface area contributed by atoms with Crippen molar-refractivity contribution in [3.63, 3.8) is 0 Å². The van der Waals surface area contributed by atoms with Gasteiger partial charge in [0.1, 0.15) is 5.04 Å². The summed E-state index contributed by atoms with van der Waals surface area (Å²) >= 11 is 7.81. The Balaban J connectivity index is 1.47. The first kappa shape index (κ1) is 20.9. The van der Waals surface area contributed by atoms with Crippen LogP contribution in [0, 0.1) is 6.92 Å². The van der Waals surface area contributed by atoms with Crippen LogP contribution in [0.1, 0.15) is 30.9 Å². The first-order valence-corrected chi connectivity index (χ1v) is 11.6. The minimum absolute atomic E-state index is 0.104. The van der Waals surface area contributed by atoms with Crippen LogP contribution >= 0.6 is 23.4 Å². The Bertz CT molecular complexity index is 998. The van der Waals surface area contributed by atoms with Crippen molar-refractivity contribution in [1.82, 2.24) is 4.90 Å². The quantitative estimate of drug-likeness (QED) is 0.672. The number of thioether (sulfide) groups is 1. The van der Waals surface area contributed by atoms with Gasteiger partial charge in [-0.3, -0.25) is 4.99 Å². The minimum atomic E-state index is -0.453. The number of benzene rings is 2. The second-order valence-corrected chi connectivity index (χ2v) is 9.22. The summed E-state index contributed by atoms with van der Waals surface area (Å²) in [5, 5.41) is 4.61. The number of nitrogens with zero attached hydrogens (tertiary/aromatic N) is 3. The first-order valence-electron chi connectivity index (χ1n) is 10.2. The molecule has 2 aliphatic rings. The van der Waals surface area contributed by atoms with E-state index < -0.39 is 5.66 Å². The SMILES string of the molecule is CCSC1=NC2(CCN(C(=O)Nc3cc(Cl)ccc3C)CC2)N=C1c1ccccc1. The Hall–Kier alpha value is -2.31. The van der Waals surface area contributed by atoms with E-state index >= 15 is 0 Å². The lowest BCUT2D eigenvalue weighted by Gasteiger charge is -2.35. The molecule has 30 heavy (non-hydrogen) atoms. The van der Waals surface area contributed by atoms with Crippen LogP contribution < -0.4 is 5.32 Å². The zero-order chi connectivity index (χ0) is 21.1. The van der Waals surface area contributed by atoms with E-state index in [2.05, 4.69) is 24.4 Å². The molecule has 0 radical (unpaired) electrons. The highest BCUT2D eigenvalue weighted by Gasteiger charge is 2.40. The largest absolute Gasteiger partial charge is 0.324 e. The summed E-state index contributed by atoms with van der Waals surface area (Å²) in [5.74, 6) is 0.953. The lowest BCUT2D eigenvalue weighted by Crippen LogP contribution is -2.46. The van der Waals surface area contributed by atoms with Crippen molar-refractivity contribution in [2.24, 2.45) is 9.98 Å². The van der Waals surface area contributed by atoms with E-state index in [1.165, 1.54) is 0 Å². The Labute approximate surface area is 186 Å². The molecule has 1 spiro atoms.